The van der Waals surface area contributed by atoms with Gasteiger partial charge in [-0.25, -0.2) is 0 Å². The minimum absolute atomic E-state index is 0. The molecule has 18 nitrogen and oxygen atoms in total. The van der Waals surface area contributed by atoms with Crippen LogP contribution in [0.3, 0.4) is 0 Å². The third-order valence-corrected chi connectivity index (χ3v) is 5.35. The number of piperidine rings is 3. The molecule has 0 bridgehead atoms. The van der Waals surface area contributed by atoms with Crippen molar-refractivity contribution in [3.8, 4) is 0 Å². The first kappa shape index (κ1) is 110. The van der Waals surface area contributed by atoms with Crippen molar-refractivity contribution in [3.05, 3.63) is 103 Å². The maximum atomic E-state index is 6.25. The fraction of sp³-hybridized carbons (Fsp3) is 0.593. The van der Waals surface area contributed by atoms with Gasteiger partial charge in [0.25, 0.3) is 0 Å². The van der Waals surface area contributed by atoms with Gasteiger partial charge in [-0.2, -0.15) is 17.8 Å². The summed E-state index contributed by atoms with van der Waals surface area (Å²) in [6, 6.07) is 1.60. The van der Waals surface area contributed by atoms with Gasteiger partial charge < -0.3 is 144 Å². The summed E-state index contributed by atoms with van der Waals surface area (Å²) in [4.78, 5) is 0. The molecule has 14 N–H and O–H groups in total. The van der Waals surface area contributed by atoms with Crippen molar-refractivity contribution in [2.45, 2.75) is 75.9 Å². The normalized spacial score (nSPS) is 16.4. The molecule has 4 aliphatic rings. The summed E-state index contributed by atoms with van der Waals surface area (Å²) in [5.41, 5.74) is 1.19. The zero-order chi connectivity index (χ0) is 30.5. The summed E-state index contributed by atoms with van der Waals surface area (Å²) < 4.78 is 0. The topological polar surface area (TPSA) is 447 Å². The number of allylic oxidation sites excluding steroid dienone is 2. The molecule has 4 aliphatic heterocycles. The molecule has 0 aromatic rings. The van der Waals surface area contributed by atoms with Crippen LogP contribution >= 0.6 is 0 Å². The first-order valence-corrected chi connectivity index (χ1v) is 11.5. The Morgan fingerprint density at radius 2 is 0.800 bits per heavy atom. The van der Waals surface area contributed by atoms with Gasteiger partial charge >= 0.3 is 39.0 Å². The molecule has 4 rings (SSSR count). The van der Waals surface area contributed by atoms with Gasteiger partial charge in [0, 0.05) is 121 Å². The number of rotatable bonds is 2. The van der Waals surface area contributed by atoms with Crippen molar-refractivity contribution in [2.75, 3.05) is 26.2 Å². The zero-order valence-corrected chi connectivity index (χ0v) is 38.5. The van der Waals surface area contributed by atoms with Crippen molar-refractivity contribution >= 4 is 0 Å². The molecule has 23 heteroatoms. The predicted octanol–water partition coefficient (Wildman–Crippen LogP) is 3.56. The second-order valence-electron chi connectivity index (χ2n) is 7.22. The molecular formula is C27H46N13O5Ru2Sm3-2. The fourth-order valence-corrected chi connectivity index (χ4v) is 3.94. The first-order chi connectivity index (χ1) is 18.9. The average Bonchev–Trinajstić information content (AvgIpc) is 3.09. The largest absolute Gasteiger partial charge is 6.00 e. The minimum atomic E-state index is 0. The molecule has 3 unspecified atom stereocenters. The van der Waals surface area contributed by atoms with Crippen LogP contribution in [0.2, 0.25) is 0 Å². The van der Waals surface area contributed by atoms with Crippen molar-refractivity contribution in [1.29, 1.82) is 36.8 Å². The molecular weight excluding hydrogens is 1240 g/mol. The van der Waals surface area contributed by atoms with E-state index >= 15 is 0 Å². The monoisotopic (exact) mass is 1290 g/mol. The van der Waals surface area contributed by atoms with Crippen LogP contribution in [0.25, 0.3) is 33.6 Å². The maximum absolute atomic E-state index is 6.25. The van der Waals surface area contributed by atoms with Crippen molar-refractivity contribution < 1.29 is 188 Å². The number of hydrogen-bond acceptors (Lipinski definition) is 7. The maximum Gasteiger partial charge on any atom is 6.00 e. The Bertz CT molecular complexity index is 660. The Labute approximate surface area is 423 Å². The Kier molecular flexibility index (Phi) is 243. The van der Waals surface area contributed by atoms with Gasteiger partial charge in [0.2, 0.25) is 0 Å². The SMILES string of the molecule is C1=CC[N-]C(C2CCCC[N-]2)=C1.C1CCC(C2CCCC[N-]2)[N-]C1.O.O.O.O.O.[C-]#N.[C-]#N.[C-]#N.[C-]#N.[C-]#N.[C-]#N.[C-]#N.[NH2-].[NH2-].[Ru+5].[Ru+6].[Sm].[Sm].[Sm]. The third kappa shape index (κ3) is 66.8. The predicted molar refractivity (Wildman–Crippen MR) is 166 cm³/mol. The Balaban J connectivity index is -0.0000000183. The van der Waals surface area contributed by atoms with Crippen LogP contribution in [0.1, 0.15) is 57.8 Å². The van der Waals surface area contributed by atoms with Crippen LogP contribution in [-0.2, 0) is 39.0 Å². The van der Waals surface area contributed by atoms with Crippen molar-refractivity contribution in [3.63, 3.8) is 0 Å². The quantitative estimate of drug-likeness (QED) is 0.292. The van der Waals surface area contributed by atoms with Crippen LogP contribution in [0, 0.1) is 204 Å². The summed E-state index contributed by atoms with van der Waals surface area (Å²) in [5, 5.41) is 62.1. The second kappa shape index (κ2) is 110. The molecule has 0 spiro atoms. The number of hydrogen-bond donors (Lipinski definition) is 0. The van der Waals surface area contributed by atoms with E-state index in [1.807, 2.05) is 0 Å². The molecule has 285 valence electrons. The third-order valence-electron chi connectivity index (χ3n) is 5.35. The van der Waals surface area contributed by atoms with E-state index in [-0.39, 0.29) is 200 Å². The summed E-state index contributed by atoms with van der Waals surface area (Å²) in [6.07, 6.45) is 18.0. The van der Waals surface area contributed by atoms with Crippen LogP contribution in [-0.4, -0.2) is 71.7 Å². The minimum Gasteiger partial charge on any atom is -0.693 e. The average molecular weight is 1290 g/mol. The molecule has 1 radical (unpaired) electrons. The molecule has 0 saturated carbocycles. The molecule has 0 aromatic carbocycles. The number of nitrogens with two attached hydrogens (primary N) is 2. The van der Waals surface area contributed by atoms with Gasteiger partial charge in [0.15, 0.2) is 0 Å². The van der Waals surface area contributed by atoms with Crippen LogP contribution in [0.15, 0.2) is 23.9 Å². The van der Waals surface area contributed by atoms with E-state index in [1.165, 1.54) is 63.5 Å². The van der Waals surface area contributed by atoms with Gasteiger partial charge in [0.05, 0.1) is 0 Å². The van der Waals surface area contributed by atoms with Crippen LogP contribution in [0.4, 0.5) is 0 Å². The van der Waals surface area contributed by atoms with Crippen molar-refractivity contribution in [1.82, 2.24) is 0 Å². The molecule has 0 amide bonds. The van der Waals surface area contributed by atoms with Crippen LogP contribution in [0.5, 0.6) is 0 Å². The zero-order valence-electron chi connectivity index (χ0n) is 27.2. The van der Waals surface area contributed by atoms with E-state index in [2.05, 4.69) is 39.5 Å². The molecule has 3 fully saturated rings. The molecule has 4 heterocycles. The van der Waals surface area contributed by atoms with Crippen molar-refractivity contribution in [2.24, 2.45) is 0 Å². The first-order valence-electron chi connectivity index (χ1n) is 11.5. The van der Waals surface area contributed by atoms with Gasteiger partial charge in [-0.1, -0.05) is 69.9 Å². The van der Waals surface area contributed by atoms with Gasteiger partial charge in [-0.05, 0) is 0 Å². The molecule has 0 aromatic heterocycles. The standard InChI is InChI=1S/C10H18N2.C10H14N2.7CN.2H2N.5H2O.2Ru.3Sm/c2*1-3-7-11-9(5-1)10-6-2-4-8-12-10;7*1-2;;;;;;;;;;;;/h9-10H,1-8H2;1,3,5,10H,2,4,6-8H2;;;;;;;;7*1H2;;;;;/q2*-2;9*-1;;;;;;+5;+6;;;. The Morgan fingerprint density at radius 3 is 1.02 bits per heavy atom. The van der Waals surface area contributed by atoms with E-state index < -0.39 is 0 Å². The van der Waals surface area contributed by atoms with Gasteiger partial charge in [-0.15, -0.1) is 38.3 Å². The van der Waals surface area contributed by atoms with E-state index in [4.69, 9.17) is 82.8 Å². The fourth-order valence-electron chi connectivity index (χ4n) is 3.94. The molecule has 0 aliphatic carbocycles. The summed E-state index contributed by atoms with van der Waals surface area (Å²) in [7, 11) is 0. The van der Waals surface area contributed by atoms with Crippen LogP contribution < -0.4 is 0 Å². The molecule has 50 heavy (non-hydrogen) atoms. The molecule has 3 atom stereocenters. The second-order valence-corrected chi connectivity index (χ2v) is 7.22. The Morgan fingerprint density at radius 1 is 0.500 bits per heavy atom. The molecule has 3 saturated heterocycles. The van der Waals surface area contributed by atoms with E-state index in [0.29, 0.717) is 18.1 Å². The smallest absolute Gasteiger partial charge is 0.693 e. The summed E-state index contributed by atoms with van der Waals surface area (Å²) in [6.45, 7) is 37.3. The van der Waals surface area contributed by atoms with Gasteiger partial charge in [-0.3, -0.25) is 0 Å². The number of nitrogens with zero attached hydrogens (tertiary/aromatic N) is 11. The van der Waals surface area contributed by atoms with E-state index in [0.717, 1.165) is 26.2 Å². The summed E-state index contributed by atoms with van der Waals surface area (Å²) >= 11 is 0. The van der Waals surface area contributed by atoms with Gasteiger partial charge in [0.1, 0.15) is 0 Å². The van der Waals surface area contributed by atoms with E-state index in [9.17, 15) is 0 Å². The Hall–Kier alpha value is 0.570. The van der Waals surface area contributed by atoms with E-state index in [1.54, 1.807) is 0 Å². The summed E-state index contributed by atoms with van der Waals surface area (Å²) in [5.74, 6) is 0.